The van der Waals surface area contributed by atoms with E-state index in [0.29, 0.717) is 18.0 Å². The molecule has 0 aliphatic carbocycles. The molecule has 0 aromatic heterocycles. The summed E-state index contributed by atoms with van der Waals surface area (Å²) in [6.07, 6.45) is 3.58. The number of carbonyl (C=O) groups is 2. The van der Waals surface area contributed by atoms with Gasteiger partial charge in [-0.25, -0.2) is 0 Å². The van der Waals surface area contributed by atoms with Gasteiger partial charge in [0, 0.05) is 45.2 Å². The van der Waals surface area contributed by atoms with E-state index in [1.807, 2.05) is 48.9 Å². The number of likely N-dealkylation sites (tertiary alicyclic amines) is 1. The minimum absolute atomic E-state index is 0.00805. The second kappa shape index (κ2) is 16.5. The number of methoxy groups -OCH3 is 2. The van der Waals surface area contributed by atoms with E-state index in [2.05, 4.69) is 39.5 Å². The average Bonchev–Trinajstić information content (AvgIpc) is 3.40. The lowest BCUT2D eigenvalue weighted by Gasteiger charge is -2.40. The van der Waals surface area contributed by atoms with Crippen molar-refractivity contribution in [1.29, 1.82) is 0 Å². The number of benzene rings is 1. The zero-order chi connectivity index (χ0) is 30.0. The molecule has 1 aliphatic heterocycles. The van der Waals surface area contributed by atoms with Crippen molar-refractivity contribution in [2.24, 2.45) is 23.7 Å². The molecule has 7 atom stereocenters. The first kappa shape index (κ1) is 34.3. The van der Waals surface area contributed by atoms with Crippen LogP contribution in [-0.2, 0) is 25.5 Å². The molecule has 7 heteroatoms. The van der Waals surface area contributed by atoms with Crippen molar-refractivity contribution in [3.05, 3.63) is 47.5 Å². The first-order valence-corrected chi connectivity index (χ1v) is 15.3. The van der Waals surface area contributed by atoms with E-state index in [4.69, 9.17) is 21.1 Å². The highest BCUT2D eigenvalue weighted by Gasteiger charge is 2.42. The molecule has 6 nitrogen and oxygen atoms in total. The molecule has 0 saturated carbocycles. The number of carbonyl (C=O) groups excluding carboxylic acids is 2. The van der Waals surface area contributed by atoms with Crippen LogP contribution in [0.25, 0.3) is 0 Å². The zero-order valence-corrected chi connectivity index (χ0v) is 26.8. The number of amides is 2. The van der Waals surface area contributed by atoms with Gasteiger partial charge in [0.05, 0.1) is 30.7 Å². The SMILES string of the molecule is C=C(Cl)C(Cc1ccccc1)C(C)C(OC)C1CCCN1C(=O)CC(OC)C(C(C)CC)N(C)C(=O)CC(C)C. The van der Waals surface area contributed by atoms with Gasteiger partial charge in [-0.15, -0.1) is 0 Å². The Bertz CT molecular complexity index is 940. The van der Waals surface area contributed by atoms with Gasteiger partial charge in [-0.3, -0.25) is 9.59 Å². The van der Waals surface area contributed by atoms with Crippen LogP contribution in [-0.4, -0.2) is 73.7 Å². The largest absolute Gasteiger partial charge is 0.379 e. The molecular formula is C33H53ClN2O4. The Morgan fingerprint density at radius 2 is 1.75 bits per heavy atom. The summed E-state index contributed by atoms with van der Waals surface area (Å²) < 4.78 is 12.1. The smallest absolute Gasteiger partial charge is 0.225 e. The summed E-state index contributed by atoms with van der Waals surface area (Å²) in [5.74, 6) is 0.656. The normalized spacial score (nSPS) is 20.1. The molecule has 1 heterocycles. The van der Waals surface area contributed by atoms with Gasteiger partial charge in [0.25, 0.3) is 0 Å². The Hall–Kier alpha value is -1.89. The van der Waals surface area contributed by atoms with Crippen molar-refractivity contribution in [1.82, 2.24) is 9.80 Å². The van der Waals surface area contributed by atoms with Gasteiger partial charge >= 0.3 is 0 Å². The molecule has 1 aromatic rings. The minimum Gasteiger partial charge on any atom is -0.379 e. The Kier molecular flexibility index (Phi) is 14.2. The monoisotopic (exact) mass is 576 g/mol. The van der Waals surface area contributed by atoms with Crippen LogP contribution in [0.2, 0.25) is 0 Å². The molecule has 1 aromatic carbocycles. The summed E-state index contributed by atoms with van der Waals surface area (Å²) in [4.78, 5) is 30.7. The fourth-order valence-corrected chi connectivity index (χ4v) is 6.65. The maximum Gasteiger partial charge on any atom is 0.225 e. The number of rotatable bonds is 16. The molecular weight excluding hydrogens is 524 g/mol. The van der Waals surface area contributed by atoms with Crippen molar-refractivity contribution in [3.8, 4) is 0 Å². The predicted molar refractivity (Wildman–Crippen MR) is 164 cm³/mol. The predicted octanol–water partition coefficient (Wildman–Crippen LogP) is 6.56. The lowest BCUT2D eigenvalue weighted by atomic mass is 9.81. The third-order valence-electron chi connectivity index (χ3n) is 8.83. The lowest BCUT2D eigenvalue weighted by Crippen LogP contribution is -2.52. The molecule has 7 unspecified atom stereocenters. The number of ether oxygens (including phenoxy) is 2. The molecule has 2 rings (SSSR count). The van der Waals surface area contributed by atoms with Crippen LogP contribution in [0.4, 0.5) is 0 Å². The van der Waals surface area contributed by atoms with Crippen LogP contribution < -0.4 is 0 Å². The van der Waals surface area contributed by atoms with E-state index in [9.17, 15) is 9.59 Å². The zero-order valence-electron chi connectivity index (χ0n) is 26.1. The molecule has 0 bridgehead atoms. The maximum absolute atomic E-state index is 13.9. The van der Waals surface area contributed by atoms with Crippen LogP contribution in [0, 0.1) is 23.7 Å². The molecule has 2 amide bonds. The Balaban J connectivity index is 2.24. The van der Waals surface area contributed by atoms with Crippen molar-refractivity contribution in [2.45, 2.75) is 97.4 Å². The fourth-order valence-electron chi connectivity index (χ4n) is 6.38. The number of likely N-dealkylation sites (N-methyl/N-ethyl adjacent to an activating group) is 1. The van der Waals surface area contributed by atoms with Crippen LogP contribution in [0.3, 0.4) is 0 Å². The first-order chi connectivity index (χ1) is 19.0. The Labute approximate surface area is 248 Å². The van der Waals surface area contributed by atoms with Crippen LogP contribution in [0.5, 0.6) is 0 Å². The van der Waals surface area contributed by atoms with E-state index >= 15 is 0 Å². The van der Waals surface area contributed by atoms with Gasteiger partial charge in [0.2, 0.25) is 11.8 Å². The van der Waals surface area contributed by atoms with Crippen molar-refractivity contribution < 1.29 is 19.1 Å². The van der Waals surface area contributed by atoms with Crippen LogP contribution in [0.15, 0.2) is 41.9 Å². The standard InChI is InChI=1S/C33H53ClN2O4/c1-10-23(4)32(35(7)30(37)19-22(2)3)29(39-8)21-31(38)36-18-14-17-28(36)33(40-9)24(5)27(25(6)34)20-26-15-12-11-13-16-26/h11-13,15-16,22-24,27-29,32-33H,6,10,14,17-21H2,1-5,7-9H3. The van der Waals surface area contributed by atoms with Crippen LogP contribution in [0.1, 0.15) is 72.3 Å². The maximum atomic E-state index is 13.9. The van der Waals surface area contributed by atoms with Gasteiger partial charge in [0.1, 0.15) is 0 Å². The number of halogens is 1. The average molecular weight is 577 g/mol. The van der Waals surface area contributed by atoms with E-state index < -0.39 is 6.10 Å². The summed E-state index contributed by atoms with van der Waals surface area (Å²) in [5.41, 5.74) is 1.20. The molecule has 40 heavy (non-hydrogen) atoms. The summed E-state index contributed by atoms with van der Waals surface area (Å²) in [7, 11) is 5.23. The molecule has 1 fully saturated rings. The van der Waals surface area contributed by atoms with Crippen molar-refractivity contribution >= 4 is 23.4 Å². The summed E-state index contributed by atoms with van der Waals surface area (Å²) in [6, 6.07) is 10.1. The third kappa shape index (κ3) is 9.06. The molecule has 0 radical (unpaired) electrons. The summed E-state index contributed by atoms with van der Waals surface area (Å²) in [6.45, 7) is 15.3. The number of nitrogens with zero attached hydrogens (tertiary/aromatic N) is 2. The van der Waals surface area contributed by atoms with Crippen molar-refractivity contribution in [3.63, 3.8) is 0 Å². The van der Waals surface area contributed by atoms with E-state index in [1.54, 1.807) is 14.2 Å². The Morgan fingerprint density at radius 3 is 2.27 bits per heavy atom. The quantitative estimate of drug-likeness (QED) is 0.223. The molecule has 226 valence electrons. The number of hydrogen-bond donors (Lipinski definition) is 0. The van der Waals surface area contributed by atoms with Gasteiger partial charge in [-0.1, -0.05) is 89.6 Å². The van der Waals surface area contributed by atoms with Crippen LogP contribution >= 0.6 is 11.6 Å². The summed E-state index contributed by atoms with van der Waals surface area (Å²) >= 11 is 6.57. The van der Waals surface area contributed by atoms with Gasteiger partial charge < -0.3 is 19.3 Å². The number of hydrogen-bond acceptors (Lipinski definition) is 4. The fraction of sp³-hybridized carbons (Fsp3) is 0.697. The molecule has 0 N–H and O–H groups in total. The lowest BCUT2D eigenvalue weighted by molar-refractivity contribution is -0.145. The second-order valence-corrected chi connectivity index (χ2v) is 12.5. The number of allylic oxidation sites excluding steroid dienone is 1. The third-order valence-corrected chi connectivity index (χ3v) is 9.11. The first-order valence-electron chi connectivity index (χ1n) is 15.0. The highest BCUT2D eigenvalue weighted by atomic mass is 35.5. The van der Waals surface area contributed by atoms with E-state index in [0.717, 1.165) is 25.7 Å². The minimum atomic E-state index is -0.392. The summed E-state index contributed by atoms with van der Waals surface area (Å²) in [5, 5.41) is 0.610. The van der Waals surface area contributed by atoms with E-state index in [-0.39, 0.29) is 60.1 Å². The van der Waals surface area contributed by atoms with Gasteiger partial charge in [-0.05, 0) is 42.6 Å². The van der Waals surface area contributed by atoms with E-state index in [1.165, 1.54) is 5.56 Å². The second-order valence-electron chi connectivity index (χ2n) is 12.1. The highest BCUT2D eigenvalue weighted by molar-refractivity contribution is 6.29. The van der Waals surface area contributed by atoms with Gasteiger partial charge in [0.15, 0.2) is 0 Å². The Morgan fingerprint density at radius 1 is 1.10 bits per heavy atom. The topological polar surface area (TPSA) is 59.1 Å². The molecule has 1 aliphatic rings. The van der Waals surface area contributed by atoms with Crippen molar-refractivity contribution in [2.75, 3.05) is 27.8 Å². The highest BCUT2D eigenvalue weighted by Crippen LogP contribution is 2.36. The molecule has 1 saturated heterocycles. The molecule has 0 spiro atoms. The van der Waals surface area contributed by atoms with Gasteiger partial charge in [-0.2, -0.15) is 0 Å².